The van der Waals surface area contributed by atoms with Gasteiger partial charge in [-0.3, -0.25) is 0 Å². The molecule has 0 spiro atoms. The Morgan fingerprint density at radius 1 is 0.364 bits per heavy atom. The number of hydrogen-bond donors (Lipinski definition) is 4. The third-order valence-electron chi connectivity index (χ3n) is 5.02. The Balaban J connectivity index is 0.000000221. The first-order valence-corrected chi connectivity index (χ1v) is 10.6. The minimum atomic E-state index is 0.322. The summed E-state index contributed by atoms with van der Waals surface area (Å²) in [6, 6.07) is 27.0. The van der Waals surface area contributed by atoms with Gasteiger partial charge in [-0.25, -0.2) is 0 Å². The smallest absolute Gasteiger partial charge is 0.118 e. The summed E-state index contributed by atoms with van der Waals surface area (Å²) in [7, 11) is 0. The van der Waals surface area contributed by atoms with E-state index >= 15 is 0 Å². The first-order chi connectivity index (χ1) is 15.6. The van der Waals surface area contributed by atoms with E-state index in [0.29, 0.717) is 23.0 Å². The third kappa shape index (κ3) is 10.3. The minimum absolute atomic E-state index is 0.322. The summed E-state index contributed by atoms with van der Waals surface area (Å²) in [5, 5.41) is 35.8. The lowest BCUT2D eigenvalue weighted by Crippen LogP contribution is -1.78. The summed E-state index contributed by atoms with van der Waals surface area (Å²) in [5.41, 5.74) is 5.13. The molecule has 0 unspecified atom stereocenters. The highest BCUT2D eigenvalue weighted by atomic mass is 16.3. The first-order valence-electron chi connectivity index (χ1n) is 10.6. The molecule has 33 heavy (non-hydrogen) atoms. The van der Waals surface area contributed by atoms with Gasteiger partial charge in [-0.1, -0.05) is 60.7 Å². The van der Waals surface area contributed by atoms with E-state index < -0.39 is 0 Å². The van der Waals surface area contributed by atoms with Crippen molar-refractivity contribution in [2.75, 3.05) is 0 Å². The van der Waals surface area contributed by atoms with Crippen molar-refractivity contribution in [1.29, 1.82) is 0 Å². The fourth-order valence-corrected chi connectivity index (χ4v) is 2.46. The zero-order valence-corrected chi connectivity index (χ0v) is 19.9. The molecule has 0 aliphatic rings. The summed E-state index contributed by atoms with van der Waals surface area (Å²) in [5.74, 6) is 1.46. The van der Waals surface area contributed by atoms with Crippen LogP contribution in [0.15, 0.2) is 91.0 Å². The molecular weight excluding hydrogens is 412 g/mol. The Hall–Kier alpha value is -3.92. The van der Waals surface area contributed by atoms with E-state index in [4.69, 9.17) is 20.4 Å². The average molecular weight is 447 g/mol. The van der Waals surface area contributed by atoms with E-state index in [9.17, 15) is 0 Å². The maximum absolute atomic E-state index is 9.10. The number of hydrogen-bond acceptors (Lipinski definition) is 4. The summed E-state index contributed by atoms with van der Waals surface area (Å²) in [6.45, 7) is 9.65. The molecule has 0 saturated heterocycles. The molecule has 0 aromatic heterocycles. The van der Waals surface area contributed by atoms with Gasteiger partial charge in [0.05, 0.1) is 0 Å². The van der Waals surface area contributed by atoms with Crippen LogP contribution in [0.2, 0.25) is 0 Å². The van der Waals surface area contributed by atoms with Crippen LogP contribution in [0.25, 0.3) is 0 Å². The second-order valence-electron chi connectivity index (χ2n) is 7.56. The number of benzene rings is 4. The quantitative estimate of drug-likeness (QED) is 0.232. The third-order valence-corrected chi connectivity index (χ3v) is 5.02. The fraction of sp³-hybridized carbons (Fsp3) is 0.172. The number of phenols is 4. The molecule has 0 aliphatic carbocycles. The molecule has 4 N–H and O–H groups in total. The van der Waals surface area contributed by atoms with Crippen molar-refractivity contribution in [1.82, 2.24) is 0 Å². The summed E-state index contributed by atoms with van der Waals surface area (Å²) in [4.78, 5) is 0. The first kappa shape index (κ1) is 27.1. The van der Waals surface area contributed by atoms with E-state index in [1.807, 2.05) is 83.1 Å². The zero-order chi connectivity index (χ0) is 24.8. The van der Waals surface area contributed by atoms with Crippen LogP contribution in [0.3, 0.4) is 0 Å². The lowest BCUT2D eigenvalue weighted by Gasteiger charge is -1.99. The van der Waals surface area contributed by atoms with Gasteiger partial charge >= 0.3 is 0 Å². The van der Waals surface area contributed by atoms with E-state index in [-0.39, 0.29) is 0 Å². The Kier molecular flexibility index (Phi) is 11.7. The Morgan fingerprint density at radius 2 is 0.727 bits per heavy atom. The highest BCUT2D eigenvalue weighted by Crippen LogP contribution is 2.18. The van der Waals surface area contributed by atoms with Crippen LogP contribution in [0.4, 0.5) is 0 Å². The van der Waals surface area contributed by atoms with E-state index in [0.717, 1.165) is 27.8 Å². The van der Waals surface area contributed by atoms with Crippen LogP contribution in [0.1, 0.15) is 27.8 Å². The fourth-order valence-electron chi connectivity index (χ4n) is 2.46. The maximum atomic E-state index is 9.10. The second-order valence-corrected chi connectivity index (χ2v) is 7.56. The average Bonchev–Trinajstić information content (AvgIpc) is 2.80. The largest absolute Gasteiger partial charge is 0.508 e. The van der Waals surface area contributed by atoms with Crippen molar-refractivity contribution in [3.63, 3.8) is 0 Å². The van der Waals surface area contributed by atoms with Crippen molar-refractivity contribution in [2.24, 2.45) is 0 Å². The van der Waals surface area contributed by atoms with E-state index in [1.165, 1.54) is 0 Å². The maximum Gasteiger partial charge on any atom is 0.118 e. The summed E-state index contributed by atoms with van der Waals surface area (Å²) < 4.78 is 0. The molecule has 0 atom stereocenters. The van der Waals surface area contributed by atoms with Gasteiger partial charge in [0.25, 0.3) is 0 Å². The topological polar surface area (TPSA) is 80.9 Å². The Labute approximate surface area is 197 Å². The van der Waals surface area contributed by atoms with Crippen LogP contribution in [-0.4, -0.2) is 20.4 Å². The Morgan fingerprint density at radius 3 is 1.00 bits per heavy atom. The van der Waals surface area contributed by atoms with Gasteiger partial charge in [0.2, 0.25) is 0 Å². The Bertz CT molecular complexity index is 995. The van der Waals surface area contributed by atoms with Gasteiger partial charge in [-0.05, 0) is 92.8 Å². The molecule has 4 aromatic carbocycles. The van der Waals surface area contributed by atoms with Gasteiger partial charge < -0.3 is 20.4 Å². The molecule has 0 amide bonds. The summed E-state index contributed by atoms with van der Waals surface area (Å²) >= 11 is 0. The normalized spacial score (nSPS) is 9.24. The van der Waals surface area contributed by atoms with Gasteiger partial charge in [0.15, 0.2) is 0 Å². The molecule has 0 saturated carbocycles. The molecule has 0 heterocycles. The molecule has 4 aromatic rings. The monoisotopic (exact) mass is 446 g/mol. The van der Waals surface area contributed by atoms with Crippen LogP contribution in [-0.2, 0) is 0 Å². The molecule has 4 rings (SSSR count). The number of para-hydroxylation sites is 2. The summed E-state index contributed by atoms with van der Waals surface area (Å²) in [6.07, 6.45) is 0. The molecule has 4 heteroatoms. The second kappa shape index (κ2) is 14.2. The highest BCUT2D eigenvalue weighted by Gasteiger charge is 1.95. The lowest BCUT2D eigenvalue weighted by atomic mass is 10.1. The van der Waals surface area contributed by atoms with Crippen molar-refractivity contribution in [3.8, 4) is 23.0 Å². The number of rotatable bonds is 0. The van der Waals surface area contributed by atoms with Crippen LogP contribution in [0.5, 0.6) is 23.0 Å². The number of aryl methyl sites for hydroxylation is 3. The van der Waals surface area contributed by atoms with Crippen molar-refractivity contribution < 1.29 is 20.4 Å². The van der Waals surface area contributed by atoms with E-state index in [2.05, 4.69) is 0 Å². The molecule has 0 radical (unpaired) electrons. The van der Waals surface area contributed by atoms with Crippen molar-refractivity contribution >= 4 is 0 Å². The molecule has 0 aliphatic heterocycles. The van der Waals surface area contributed by atoms with Gasteiger partial charge in [0, 0.05) is 0 Å². The standard InChI is InChI=1S/2C8H10O.C7H8O.C6H6O/c2*1-6-4-3-5-8(9)7(6)2;1-6-4-2-3-5-7(6)8;7-6-4-2-1-3-5-6/h2*3-5,9H,1-2H3;2-5,8H,1H3;1-5,7H. The number of aromatic hydroxyl groups is 4. The molecule has 0 bridgehead atoms. The predicted molar refractivity (Wildman–Crippen MR) is 136 cm³/mol. The molecule has 174 valence electrons. The van der Waals surface area contributed by atoms with Crippen LogP contribution >= 0.6 is 0 Å². The SMILES string of the molecule is Cc1cccc(O)c1C.Cc1cccc(O)c1C.Cc1ccccc1O.Oc1ccccc1. The predicted octanol–water partition coefficient (Wildman–Crippen LogP) is 7.11. The van der Waals surface area contributed by atoms with Gasteiger partial charge in [-0.15, -0.1) is 0 Å². The van der Waals surface area contributed by atoms with Crippen LogP contribution < -0.4 is 0 Å². The van der Waals surface area contributed by atoms with E-state index in [1.54, 1.807) is 42.5 Å². The van der Waals surface area contributed by atoms with Crippen molar-refractivity contribution in [2.45, 2.75) is 34.6 Å². The highest BCUT2D eigenvalue weighted by molar-refractivity contribution is 5.37. The van der Waals surface area contributed by atoms with Crippen LogP contribution in [0, 0.1) is 34.6 Å². The van der Waals surface area contributed by atoms with Crippen molar-refractivity contribution in [3.05, 3.63) is 119 Å². The molecule has 0 fully saturated rings. The zero-order valence-electron chi connectivity index (χ0n) is 19.9. The number of phenolic OH excluding ortho intramolecular Hbond substituents is 4. The van der Waals surface area contributed by atoms with Gasteiger partial charge in [-0.2, -0.15) is 0 Å². The molecular formula is C29H34O4. The van der Waals surface area contributed by atoms with Gasteiger partial charge in [0.1, 0.15) is 23.0 Å². The molecule has 4 nitrogen and oxygen atoms in total. The lowest BCUT2D eigenvalue weighted by molar-refractivity contribution is 0.470. The minimum Gasteiger partial charge on any atom is -0.508 e.